The molecule has 0 fully saturated rings. The van der Waals surface area contributed by atoms with Crippen molar-refractivity contribution in [1.29, 1.82) is 0 Å². The van der Waals surface area contributed by atoms with Gasteiger partial charge in [-0.05, 0) is 39.6 Å². The van der Waals surface area contributed by atoms with Crippen LogP contribution in [0.1, 0.15) is 19.8 Å². The second kappa shape index (κ2) is 6.63. The Morgan fingerprint density at radius 2 is 1.33 bits per heavy atom. The van der Waals surface area contributed by atoms with Gasteiger partial charge in [-0.3, -0.25) is 0 Å². The molecule has 4 aromatic rings. The van der Waals surface area contributed by atoms with E-state index in [0.717, 1.165) is 0 Å². The Morgan fingerprint density at radius 1 is 0.667 bits per heavy atom. The SMILES string of the molecule is CCCC[P+]1(c2ccc3ccccc3c2-c2cccc3ccccc23)C=C1. The van der Waals surface area contributed by atoms with E-state index >= 15 is 0 Å². The Balaban J connectivity index is 1.83. The quantitative estimate of drug-likeness (QED) is 0.319. The molecule has 0 saturated heterocycles. The topological polar surface area (TPSA) is 0 Å². The maximum Gasteiger partial charge on any atom is 0.112 e. The van der Waals surface area contributed by atoms with E-state index in [0.29, 0.717) is 0 Å². The number of hydrogen-bond acceptors (Lipinski definition) is 0. The monoisotopic (exact) mass is 367 g/mol. The fourth-order valence-electron chi connectivity index (χ4n) is 4.26. The normalized spacial score (nSPS) is 14.7. The van der Waals surface area contributed by atoms with Crippen LogP contribution in [0, 0.1) is 0 Å². The molecule has 0 spiro atoms. The fourth-order valence-corrected chi connectivity index (χ4v) is 7.62. The molecule has 132 valence electrons. The summed E-state index contributed by atoms with van der Waals surface area (Å²) in [6, 6.07) is 29.1. The third-order valence-electron chi connectivity index (χ3n) is 5.81. The summed E-state index contributed by atoms with van der Waals surface area (Å²) in [6.45, 7) is 2.30. The Morgan fingerprint density at radius 3 is 2.07 bits per heavy atom. The zero-order valence-electron chi connectivity index (χ0n) is 15.7. The van der Waals surface area contributed by atoms with Gasteiger partial charge in [-0.25, -0.2) is 0 Å². The van der Waals surface area contributed by atoms with Crippen molar-refractivity contribution in [2.45, 2.75) is 19.8 Å². The lowest BCUT2D eigenvalue weighted by atomic mass is 9.94. The van der Waals surface area contributed by atoms with Gasteiger partial charge in [0.25, 0.3) is 0 Å². The van der Waals surface area contributed by atoms with Gasteiger partial charge in [0, 0.05) is 5.56 Å². The first kappa shape index (κ1) is 16.7. The zero-order valence-corrected chi connectivity index (χ0v) is 16.6. The van der Waals surface area contributed by atoms with Crippen LogP contribution >= 0.6 is 7.26 Å². The molecular formula is C26H24P+. The predicted molar refractivity (Wildman–Crippen MR) is 122 cm³/mol. The highest BCUT2D eigenvalue weighted by molar-refractivity contribution is 7.94. The molecule has 1 aliphatic heterocycles. The fraction of sp³-hybridized carbons (Fsp3) is 0.154. The van der Waals surface area contributed by atoms with Gasteiger partial charge in [0.2, 0.25) is 0 Å². The van der Waals surface area contributed by atoms with E-state index in [1.54, 1.807) is 5.30 Å². The summed E-state index contributed by atoms with van der Waals surface area (Å²) in [5.74, 6) is 5.03. The number of unbranched alkanes of at least 4 members (excludes halogenated alkanes) is 1. The van der Waals surface area contributed by atoms with Crippen LogP contribution in [-0.2, 0) is 0 Å². The first-order chi connectivity index (χ1) is 13.3. The smallest absolute Gasteiger partial charge is 0.0652 e. The molecule has 0 aliphatic carbocycles. The second-order valence-electron chi connectivity index (χ2n) is 7.51. The van der Waals surface area contributed by atoms with Crippen LogP contribution in [-0.4, -0.2) is 6.16 Å². The molecule has 0 unspecified atom stereocenters. The molecule has 4 aromatic carbocycles. The zero-order chi connectivity index (χ0) is 18.3. The minimum Gasteiger partial charge on any atom is -0.0652 e. The Kier molecular flexibility index (Phi) is 4.10. The highest BCUT2D eigenvalue weighted by Gasteiger charge is 2.48. The molecule has 0 N–H and O–H groups in total. The second-order valence-corrected chi connectivity index (χ2v) is 10.9. The molecule has 1 heteroatoms. The van der Waals surface area contributed by atoms with Gasteiger partial charge in [0.1, 0.15) is 24.2 Å². The first-order valence-electron chi connectivity index (χ1n) is 9.91. The van der Waals surface area contributed by atoms with E-state index in [-0.39, 0.29) is 0 Å². The highest BCUT2D eigenvalue weighted by atomic mass is 31.2. The molecule has 0 amide bonds. The third-order valence-corrected chi connectivity index (χ3v) is 9.15. The summed E-state index contributed by atoms with van der Waals surface area (Å²) in [5.41, 5.74) is 2.84. The lowest BCUT2D eigenvalue weighted by Crippen LogP contribution is -2.10. The number of fused-ring (bicyclic) bond motifs is 2. The van der Waals surface area contributed by atoms with E-state index in [1.165, 1.54) is 51.7 Å². The Bertz CT molecular complexity index is 1160. The van der Waals surface area contributed by atoms with Gasteiger partial charge in [-0.1, -0.05) is 86.1 Å². The van der Waals surface area contributed by atoms with Crippen molar-refractivity contribution in [1.82, 2.24) is 0 Å². The standard InChI is InChI=1S/C26H24P/c1-2-3-17-27(18-19-27)25-16-15-21-10-5-7-13-23(21)26(25)24-14-8-11-20-9-4-6-12-22(20)24/h4-16,18-19H,2-3,17H2,1H3/q+1. The van der Waals surface area contributed by atoms with Crippen molar-refractivity contribution in [3.63, 3.8) is 0 Å². The first-order valence-corrected chi connectivity index (χ1v) is 12.0. The summed E-state index contributed by atoms with van der Waals surface area (Å²) >= 11 is 0. The predicted octanol–water partition coefficient (Wildman–Crippen LogP) is 7.59. The summed E-state index contributed by atoms with van der Waals surface area (Å²) in [5, 5.41) is 6.97. The molecule has 0 aromatic heterocycles. The number of benzene rings is 4. The minimum absolute atomic E-state index is 1.20. The third kappa shape index (κ3) is 2.80. The average molecular weight is 367 g/mol. The van der Waals surface area contributed by atoms with Crippen LogP contribution in [0.25, 0.3) is 32.7 Å². The summed E-state index contributed by atoms with van der Waals surface area (Å²) < 4.78 is 0. The van der Waals surface area contributed by atoms with E-state index in [4.69, 9.17) is 0 Å². The van der Waals surface area contributed by atoms with Gasteiger partial charge in [0.15, 0.2) is 0 Å². The molecule has 0 atom stereocenters. The van der Waals surface area contributed by atoms with Crippen molar-refractivity contribution in [3.8, 4) is 11.1 Å². The minimum atomic E-state index is -1.20. The van der Waals surface area contributed by atoms with Crippen LogP contribution in [0.4, 0.5) is 0 Å². The van der Waals surface area contributed by atoms with Crippen molar-refractivity contribution >= 4 is 34.1 Å². The van der Waals surface area contributed by atoms with Crippen LogP contribution in [0.2, 0.25) is 0 Å². The van der Waals surface area contributed by atoms with Crippen LogP contribution in [0.3, 0.4) is 0 Å². The van der Waals surface area contributed by atoms with Crippen molar-refractivity contribution in [2.24, 2.45) is 0 Å². The Labute approximate surface area is 161 Å². The number of hydrogen-bond donors (Lipinski definition) is 0. The van der Waals surface area contributed by atoms with E-state index in [9.17, 15) is 0 Å². The van der Waals surface area contributed by atoms with Crippen molar-refractivity contribution < 1.29 is 0 Å². The lowest BCUT2D eigenvalue weighted by molar-refractivity contribution is 0.893. The van der Waals surface area contributed by atoms with E-state index in [2.05, 4.69) is 97.4 Å². The van der Waals surface area contributed by atoms with Gasteiger partial charge in [-0.15, -0.1) is 0 Å². The Hall–Kier alpha value is -2.43. The molecule has 1 heterocycles. The van der Waals surface area contributed by atoms with E-state index in [1.807, 2.05) is 0 Å². The van der Waals surface area contributed by atoms with Crippen LogP contribution in [0.5, 0.6) is 0 Å². The summed E-state index contributed by atoms with van der Waals surface area (Å²) in [6.07, 6.45) is 3.89. The molecule has 5 rings (SSSR count). The summed E-state index contributed by atoms with van der Waals surface area (Å²) in [4.78, 5) is 0. The van der Waals surface area contributed by atoms with Crippen LogP contribution in [0.15, 0.2) is 90.5 Å². The average Bonchev–Trinajstić information content (AvgIpc) is 3.52. The van der Waals surface area contributed by atoms with Gasteiger partial charge >= 0.3 is 0 Å². The van der Waals surface area contributed by atoms with Gasteiger partial charge < -0.3 is 0 Å². The molecular weight excluding hydrogens is 343 g/mol. The van der Waals surface area contributed by atoms with Gasteiger partial charge in [-0.2, -0.15) is 0 Å². The van der Waals surface area contributed by atoms with Crippen molar-refractivity contribution in [3.05, 3.63) is 90.5 Å². The highest BCUT2D eigenvalue weighted by Crippen LogP contribution is 2.74. The van der Waals surface area contributed by atoms with Gasteiger partial charge in [0.05, 0.1) is 6.16 Å². The molecule has 0 saturated carbocycles. The largest absolute Gasteiger partial charge is 0.112 e. The van der Waals surface area contributed by atoms with Crippen molar-refractivity contribution in [2.75, 3.05) is 6.16 Å². The molecule has 1 aliphatic rings. The lowest BCUT2D eigenvalue weighted by Gasteiger charge is -2.17. The summed E-state index contributed by atoms with van der Waals surface area (Å²) in [7, 11) is -1.20. The maximum atomic E-state index is 2.52. The maximum absolute atomic E-state index is 2.52. The molecule has 0 bridgehead atoms. The van der Waals surface area contributed by atoms with E-state index < -0.39 is 7.26 Å². The number of rotatable bonds is 5. The van der Waals surface area contributed by atoms with Crippen LogP contribution < -0.4 is 5.30 Å². The molecule has 27 heavy (non-hydrogen) atoms. The molecule has 0 radical (unpaired) electrons. The molecule has 0 nitrogen and oxygen atoms in total.